The number of likely N-dealkylation sites (tertiary alicyclic amines) is 1. The van der Waals surface area contributed by atoms with Gasteiger partial charge in [0.2, 0.25) is 5.91 Å². The van der Waals surface area contributed by atoms with Crippen LogP contribution in [0.3, 0.4) is 0 Å². The molecule has 6 nitrogen and oxygen atoms in total. The van der Waals surface area contributed by atoms with Crippen LogP contribution in [-0.4, -0.2) is 33.9 Å². The van der Waals surface area contributed by atoms with Crippen LogP contribution in [-0.2, 0) is 11.0 Å². The van der Waals surface area contributed by atoms with Gasteiger partial charge in [-0.3, -0.25) is 4.79 Å². The van der Waals surface area contributed by atoms with E-state index < -0.39 is 17.8 Å². The van der Waals surface area contributed by atoms with E-state index in [-0.39, 0.29) is 18.1 Å². The summed E-state index contributed by atoms with van der Waals surface area (Å²) >= 11 is 0. The number of nitriles is 1. The molecule has 1 atom stereocenters. The van der Waals surface area contributed by atoms with E-state index in [2.05, 4.69) is 15.3 Å². The first-order valence-corrected chi connectivity index (χ1v) is 8.30. The van der Waals surface area contributed by atoms with Crippen LogP contribution in [0.25, 0.3) is 0 Å². The average molecular weight is 375 g/mol. The Morgan fingerprint density at radius 1 is 1.30 bits per heavy atom. The molecule has 2 heterocycles. The lowest BCUT2D eigenvalue weighted by atomic mass is 10.0. The van der Waals surface area contributed by atoms with Crippen molar-refractivity contribution in [3.8, 4) is 6.07 Å². The molecule has 2 aromatic rings. The zero-order chi connectivity index (χ0) is 19.4. The fourth-order valence-corrected chi connectivity index (χ4v) is 2.92. The van der Waals surface area contributed by atoms with Crippen molar-refractivity contribution in [3.63, 3.8) is 0 Å². The molecule has 1 fully saturated rings. The summed E-state index contributed by atoms with van der Waals surface area (Å²) in [4.78, 5) is 21.5. The Morgan fingerprint density at radius 2 is 2.11 bits per heavy atom. The Bertz CT molecular complexity index is 861. The van der Waals surface area contributed by atoms with Gasteiger partial charge in [-0.25, -0.2) is 9.97 Å². The lowest BCUT2D eigenvalue weighted by Gasteiger charge is -2.26. The van der Waals surface area contributed by atoms with Gasteiger partial charge in [0.05, 0.1) is 24.0 Å². The van der Waals surface area contributed by atoms with Gasteiger partial charge in [0, 0.05) is 19.5 Å². The van der Waals surface area contributed by atoms with Gasteiger partial charge in [-0.1, -0.05) is 12.1 Å². The van der Waals surface area contributed by atoms with Crippen molar-refractivity contribution in [1.82, 2.24) is 14.9 Å². The summed E-state index contributed by atoms with van der Waals surface area (Å²) in [6.45, 7) is 0.775. The lowest BCUT2D eigenvalue weighted by molar-refractivity contribution is -0.137. The molecular formula is C18H16F3N5O. The molecule has 1 saturated heterocycles. The Morgan fingerprint density at radius 3 is 2.70 bits per heavy atom. The third-order valence-electron chi connectivity index (χ3n) is 4.28. The molecule has 1 aromatic carbocycles. The number of alkyl halides is 3. The number of carbonyl (C=O) groups is 1. The van der Waals surface area contributed by atoms with Crippen molar-refractivity contribution in [1.29, 1.82) is 5.26 Å². The SMILES string of the molecule is N#Cc1cnc(NC(CN2CCCC2=O)c2cccc(C(F)(F)F)c2)cn1. The maximum atomic E-state index is 13.1. The molecule has 9 heteroatoms. The van der Waals surface area contributed by atoms with Crippen LogP contribution >= 0.6 is 0 Å². The van der Waals surface area contributed by atoms with Gasteiger partial charge in [-0.15, -0.1) is 0 Å². The molecule has 1 unspecified atom stereocenters. The van der Waals surface area contributed by atoms with Crippen molar-refractivity contribution < 1.29 is 18.0 Å². The van der Waals surface area contributed by atoms with Crippen molar-refractivity contribution in [2.24, 2.45) is 0 Å². The smallest absolute Gasteiger partial charge is 0.360 e. The van der Waals surface area contributed by atoms with Gasteiger partial charge < -0.3 is 10.2 Å². The lowest BCUT2D eigenvalue weighted by Crippen LogP contribution is -2.33. The molecule has 1 aromatic heterocycles. The molecule has 0 saturated carbocycles. The number of halogens is 3. The highest BCUT2D eigenvalue weighted by molar-refractivity contribution is 5.78. The van der Waals surface area contributed by atoms with Gasteiger partial charge in [0.1, 0.15) is 11.9 Å². The predicted molar refractivity (Wildman–Crippen MR) is 90.4 cm³/mol. The second-order valence-corrected chi connectivity index (χ2v) is 6.16. The summed E-state index contributed by atoms with van der Waals surface area (Å²) in [6, 6.07) is 6.23. The van der Waals surface area contributed by atoms with Crippen LogP contribution < -0.4 is 5.32 Å². The predicted octanol–water partition coefficient (Wildman–Crippen LogP) is 3.14. The fourth-order valence-electron chi connectivity index (χ4n) is 2.92. The quantitative estimate of drug-likeness (QED) is 0.868. The molecular weight excluding hydrogens is 359 g/mol. The van der Waals surface area contributed by atoms with Crippen LogP contribution in [0.2, 0.25) is 0 Å². The Balaban J connectivity index is 1.89. The number of amides is 1. The molecule has 3 rings (SSSR count). The monoisotopic (exact) mass is 375 g/mol. The number of nitrogens with one attached hydrogen (secondary N) is 1. The van der Waals surface area contributed by atoms with E-state index in [1.165, 1.54) is 18.5 Å². The van der Waals surface area contributed by atoms with E-state index >= 15 is 0 Å². The molecule has 1 N–H and O–H groups in total. The number of hydrogen-bond donors (Lipinski definition) is 1. The van der Waals surface area contributed by atoms with Crippen molar-refractivity contribution in [3.05, 3.63) is 53.5 Å². The van der Waals surface area contributed by atoms with E-state index in [9.17, 15) is 18.0 Å². The number of nitrogens with zero attached hydrogens (tertiary/aromatic N) is 4. The molecule has 140 valence electrons. The highest BCUT2D eigenvalue weighted by Crippen LogP contribution is 2.32. The van der Waals surface area contributed by atoms with E-state index in [1.54, 1.807) is 11.0 Å². The third kappa shape index (κ3) is 4.53. The fraction of sp³-hybridized carbons (Fsp3) is 0.333. The largest absolute Gasteiger partial charge is 0.416 e. The van der Waals surface area contributed by atoms with Crippen LogP contribution in [0.15, 0.2) is 36.7 Å². The zero-order valence-electron chi connectivity index (χ0n) is 14.2. The molecule has 1 aliphatic rings. The van der Waals surface area contributed by atoms with Crippen molar-refractivity contribution >= 4 is 11.7 Å². The minimum Gasteiger partial charge on any atom is -0.360 e. The van der Waals surface area contributed by atoms with E-state index in [0.717, 1.165) is 18.6 Å². The number of benzene rings is 1. The first kappa shape index (κ1) is 18.6. The normalized spacial score (nSPS) is 15.5. The third-order valence-corrected chi connectivity index (χ3v) is 4.28. The minimum atomic E-state index is -4.46. The van der Waals surface area contributed by atoms with Crippen molar-refractivity contribution in [2.45, 2.75) is 25.1 Å². The van der Waals surface area contributed by atoms with Crippen LogP contribution in [0.5, 0.6) is 0 Å². The van der Waals surface area contributed by atoms with E-state index in [1.807, 2.05) is 6.07 Å². The molecule has 0 aliphatic carbocycles. The molecule has 1 aliphatic heterocycles. The van der Waals surface area contributed by atoms with E-state index in [4.69, 9.17) is 5.26 Å². The number of aromatic nitrogens is 2. The average Bonchev–Trinajstić information content (AvgIpc) is 3.06. The van der Waals surface area contributed by atoms with E-state index in [0.29, 0.717) is 24.3 Å². The first-order valence-electron chi connectivity index (χ1n) is 8.30. The number of anilines is 1. The van der Waals surface area contributed by atoms with Gasteiger partial charge in [-0.05, 0) is 24.1 Å². The Kier molecular flexibility index (Phi) is 5.26. The number of rotatable bonds is 5. The summed E-state index contributed by atoms with van der Waals surface area (Å²) in [7, 11) is 0. The summed E-state index contributed by atoms with van der Waals surface area (Å²) in [6.07, 6.45) is -0.688. The molecule has 0 spiro atoms. The first-order chi connectivity index (χ1) is 12.9. The highest BCUT2D eigenvalue weighted by Gasteiger charge is 2.32. The van der Waals surface area contributed by atoms with Crippen LogP contribution in [0.1, 0.15) is 35.7 Å². The Hall–Kier alpha value is -3.15. The summed E-state index contributed by atoms with van der Waals surface area (Å²) < 4.78 is 39.2. The maximum absolute atomic E-state index is 13.1. The van der Waals surface area contributed by atoms with Crippen LogP contribution in [0.4, 0.5) is 19.0 Å². The topological polar surface area (TPSA) is 81.9 Å². The standard InChI is InChI=1S/C18H16F3N5O/c19-18(20,21)13-4-1-3-12(7-13)15(11-26-6-2-5-17(26)27)25-16-10-23-14(8-22)9-24-16/h1,3-4,7,9-10,15H,2,5-6,11H2,(H,24,25). The summed E-state index contributed by atoms with van der Waals surface area (Å²) in [5.41, 5.74) is -0.243. The molecule has 0 radical (unpaired) electrons. The minimum absolute atomic E-state index is 0.0281. The molecule has 27 heavy (non-hydrogen) atoms. The Labute approximate surface area is 153 Å². The number of carbonyl (C=O) groups excluding carboxylic acids is 1. The van der Waals surface area contributed by atoms with Gasteiger partial charge in [0.25, 0.3) is 0 Å². The second-order valence-electron chi connectivity index (χ2n) is 6.16. The number of hydrogen-bond acceptors (Lipinski definition) is 5. The molecule has 1 amide bonds. The zero-order valence-corrected chi connectivity index (χ0v) is 14.2. The van der Waals surface area contributed by atoms with Crippen LogP contribution in [0, 0.1) is 11.3 Å². The molecule has 0 bridgehead atoms. The van der Waals surface area contributed by atoms with Crippen molar-refractivity contribution in [2.75, 3.05) is 18.4 Å². The second kappa shape index (κ2) is 7.61. The summed E-state index contributed by atoms with van der Waals surface area (Å²) in [5.74, 6) is 0.280. The van der Waals surface area contributed by atoms with Gasteiger partial charge >= 0.3 is 6.18 Å². The highest BCUT2D eigenvalue weighted by atomic mass is 19.4. The summed E-state index contributed by atoms with van der Waals surface area (Å²) in [5, 5.41) is 11.8. The van der Waals surface area contributed by atoms with Gasteiger partial charge in [0.15, 0.2) is 5.69 Å². The van der Waals surface area contributed by atoms with Gasteiger partial charge in [-0.2, -0.15) is 18.4 Å². The maximum Gasteiger partial charge on any atom is 0.416 e.